The standard InChI is InChI=1S/C36H55N5O6/c1-36(2,3)33(39-34(43)30-26-41(25-28-13-6-5-7-14-28)31-16-9-8-15-29(30)31)35(44)40(4)27-32(42)38-18-12-20-46-22-24-47-23-21-45-19-11-10-17-37/h8-9,15-16,26,28,33H,5-7,10-14,18-25,27H2,1-4H3,(H,38,42)(H,39,43). The van der Waals surface area contributed by atoms with Crippen molar-refractivity contribution in [2.45, 2.75) is 84.7 Å². The molecule has 3 amide bonds. The summed E-state index contributed by atoms with van der Waals surface area (Å²) in [4.78, 5) is 41.3. The lowest BCUT2D eigenvalue weighted by atomic mass is 9.85. The van der Waals surface area contributed by atoms with Crippen LogP contribution in [0, 0.1) is 22.7 Å². The second-order valence-corrected chi connectivity index (χ2v) is 13.5. The summed E-state index contributed by atoms with van der Waals surface area (Å²) in [5.41, 5.74) is 1.01. The number of hydrogen-bond acceptors (Lipinski definition) is 7. The Morgan fingerprint density at radius 3 is 2.28 bits per heavy atom. The van der Waals surface area contributed by atoms with Gasteiger partial charge in [-0.05, 0) is 43.1 Å². The highest BCUT2D eigenvalue weighted by Crippen LogP contribution is 2.29. The Kier molecular flexibility index (Phi) is 16.2. The average molecular weight is 654 g/mol. The molecular formula is C36H55N5O6. The van der Waals surface area contributed by atoms with Gasteiger partial charge in [-0.2, -0.15) is 5.26 Å². The topological polar surface area (TPSA) is 135 Å². The zero-order valence-electron chi connectivity index (χ0n) is 28.9. The Morgan fingerprint density at radius 2 is 1.62 bits per heavy atom. The van der Waals surface area contributed by atoms with Gasteiger partial charge in [0.25, 0.3) is 5.91 Å². The highest BCUT2D eigenvalue weighted by Gasteiger charge is 2.36. The molecule has 47 heavy (non-hydrogen) atoms. The molecular weight excluding hydrogens is 598 g/mol. The fourth-order valence-corrected chi connectivity index (χ4v) is 5.85. The lowest BCUT2D eigenvalue weighted by Crippen LogP contribution is -2.55. The number of rotatable bonds is 20. The molecule has 11 nitrogen and oxygen atoms in total. The van der Waals surface area contributed by atoms with E-state index in [4.69, 9.17) is 19.5 Å². The summed E-state index contributed by atoms with van der Waals surface area (Å²) in [5.74, 6) is -0.276. The first-order valence-electron chi connectivity index (χ1n) is 17.1. The molecule has 1 aromatic heterocycles. The maximum Gasteiger partial charge on any atom is 0.254 e. The first kappa shape index (κ1) is 38.0. The predicted octanol–water partition coefficient (Wildman–Crippen LogP) is 4.68. The Morgan fingerprint density at radius 1 is 0.979 bits per heavy atom. The lowest BCUT2D eigenvalue weighted by molar-refractivity contribution is -0.138. The molecule has 2 aromatic rings. The van der Waals surface area contributed by atoms with Crippen LogP contribution in [0.25, 0.3) is 10.9 Å². The number of nitrogens with zero attached hydrogens (tertiary/aromatic N) is 3. The van der Waals surface area contributed by atoms with Crippen LogP contribution in [-0.4, -0.2) is 93.0 Å². The zero-order valence-corrected chi connectivity index (χ0v) is 28.9. The Hall–Kier alpha value is -3.46. The summed E-state index contributed by atoms with van der Waals surface area (Å²) in [6.45, 7) is 9.81. The molecule has 1 aromatic carbocycles. The second-order valence-electron chi connectivity index (χ2n) is 13.5. The van der Waals surface area contributed by atoms with Gasteiger partial charge >= 0.3 is 0 Å². The van der Waals surface area contributed by atoms with E-state index < -0.39 is 11.5 Å². The van der Waals surface area contributed by atoms with Crippen LogP contribution < -0.4 is 10.6 Å². The molecule has 0 saturated heterocycles. The van der Waals surface area contributed by atoms with Gasteiger partial charge in [0, 0.05) is 56.9 Å². The molecule has 1 unspecified atom stereocenters. The van der Waals surface area contributed by atoms with Gasteiger partial charge in [-0.1, -0.05) is 58.2 Å². The largest absolute Gasteiger partial charge is 0.379 e. The number of carbonyl (C=O) groups is 3. The van der Waals surface area contributed by atoms with Crippen LogP contribution in [0.15, 0.2) is 30.5 Å². The van der Waals surface area contributed by atoms with E-state index in [0.717, 1.165) is 23.9 Å². The smallest absolute Gasteiger partial charge is 0.254 e. The molecule has 11 heteroatoms. The number of aromatic nitrogens is 1. The maximum absolute atomic E-state index is 13.7. The van der Waals surface area contributed by atoms with Crippen molar-refractivity contribution in [3.63, 3.8) is 0 Å². The Labute approximate surface area is 280 Å². The normalized spacial score (nSPS) is 14.4. The number of nitrogens with one attached hydrogen (secondary N) is 2. The van der Waals surface area contributed by atoms with Gasteiger partial charge < -0.3 is 34.3 Å². The van der Waals surface area contributed by atoms with E-state index in [1.54, 1.807) is 7.05 Å². The summed E-state index contributed by atoms with van der Waals surface area (Å²) in [6, 6.07) is 9.20. The van der Waals surface area contributed by atoms with E-state index in [-0.39, 0.29) is 24.3 Å². The molecule has 1 atom stereocenters. The number of fused-ring (bicyclic) bond motifs is 1. The van der Waals surface area contributed by atoms with Gasteiger partial charge in [-0.15, -0.1) is 0 Å². The van der Waals surface area contributed by atoms with E-state index in [0.29, 0.717) is 70.5 Å². The fourth-order valence-electron chi connectivity index (χ4n) is 5.85. The maximum atomic E-state index is 13.7. The number of carbonyl (C=O) groups excluding carboxylic acids is 3. The van der Waals surface area contributed by atoms with Gasteiger partial charge in [-0.3, -0.25) is 14.4 Å². The van der Waals surface area contributed by atoms with Crippen LogP contribution in [0.5, 0.6) is 0 Å². The highest BCUT2D eigenvalue weighted by atomic mass is 16.5. The van der Waals surface area contributed by atoms with Gasteiger partial charge in [0.05, 0.1) is 44.6 Å². The summed E-state index contributed by atoms with van der Waals surface area (Å²) in [7, 11) is 1.59. The second kappa shape index (κ2) is 20.0. The molecule has 1 saturated carbocycles. The summed E-state index contributed by atoms with van der Waals surface area (Å²) < 4.78 is 18.5. The number of nitriles is 1. The molecule has 2 N–H and O–H groups in total. The third-order valence-corrected chi connectivity index (χ3v) is 8.47. The number of para-hydroxylation sites is 1. The van der Waals surface area contributed by atoms with E-state index in [1.807, 2.05) is 45.2 Å². The van der Waals surface area contributed by atoms with Crippen molar-refractivity contribution in [1.29, 1.82) is 5.26 Å². The molecule has 1 heterocycles. The summed E-state index contributed by atoms with van der Waals surface area (Å²) >= 11 is 0. The van der Waals surface area contributed by atoms with Crippen LogP contribution in [0.3, 0.4) is 0 Å². The van der Waals surface area contributed by atoms with Crippen molar-refractivity contribution in [2.75, 3.05) is 59.8 Å². The molecule has 260 valence electrons. The minimum absolute atomic E-state index is 0.116. The van der Waals surface area contributed by atoms with Crippen molar-refractivity contribution >= 4 is 28.6 Å². The van der Waals surface area contributed by atoms with Gasteiger partial charge in [0.15, 0.2) is 0 Å². The van der Waals surface area contributed by atoms with Crippen molar-refractivity contribution < 1.29 is 28.6 Å². The van der Waals surface area contributed by atoms with Crippen LogP contribution in [0.1, 0.15) is 82.5 Å². The van der Waals surface area contributed by atoms with Gasteiger partial charge in [0.1, 0.15) is 6.04 Å². The zero-order chi connectivity index (χ0) is 34.1. The lowest BCUT2D eigenvalue weighted by Gasteiger charge is -2.33. The van der Waals surface area contributed by atoms with E-state index in [1.165, 1.54) is 37.0 Å². The minimum Gasteiger partial charge on any atom is -0.379 e. The molecule has 1 fully saturated rings. The van der Waals surface area contributed by atoms with Gasteiger partial charge in [0.2, 0.25) is 11.8 Å². The Balaban J connectivity index is 1.42. The van der Waals surface area contributed by atoms with E-state index in [2.05, 4.69) is 27.3 Å². The molecule has 0 aliphatic heterocycles. The van der Waals surface area contributed by atoms with Crippen molar-refractivity contribution in [2.24, 2.45) is 11.3 Å². The van der Waals surface area contributed by atoms with Crippen LogP contribution >= 0.6 is 0 Å². The third-order valence-electron chi connectivity index (χ3n) is 8.47. The first-order chi connectivity index (χ1) is 22.6. The first-order valence-corrected chi connectivity index (χ1v) is 17.1. The molecule has 1 aliphatic carbocycles. The van der Waals surface area contributed by atoms with Crippen molar-refractivity contribution in [3.8, 4) is 6.07 Å². The van der Waals surface area contributed by atoms with Gasteiger partial charge in [-0.25, -0.2) is 0 Å². The van der Waals surface area contributed by atoms with E-state index >= 15 is 0 Å². The van der Waals surface area contributed by atoms with Crippen LogP contribution in [0.4, 0.5) is 0 Å². The van der Waals surface area contributed by atoms with Crippen LogP contribution in [0.2, 0.25) is 0 Å². The SMILES string of the molecule is CN(CC(=O)NCCCOCCOCCOCCCC#N)C(=O)C(NC(=O)c1cn(CC2CCCCC2)c2ccccc12)C(C)(C)C. The van der Waals surface area contributed by atoms with Crippen molar-refractivity contribution in [1.82, 2.24) is 20.1 Å². The summed E-state index contributed by atoms with van der Waals surface area (Å²) in [6.07, 6.45) is 10.0. The number of hydrogen-bond donors (Lipinski definition) is 2. The number of unbranched alkanes of at least 4 members (excludes halogenated alkanes) is 1. The number of amides is 3. The van der Waals surface area contributed by atoms with Crippen molar-refractivity contribution in [3.05, 3.63) is 36.0 Å². The number of benzene rings is 1. The highest BCUT2D eigenvalue weighted by molar-refractivity contribution is 6.08. The number of likely N-dealkylation sites (N-methyl/N-ethyl adjacent to an activating group) is 1. The third kappa shape index (κ3) is 12.9. The Bertz CT molecular complexity index is 1310. The average Bonchev–Trinajstić information content (AvgIpc) is 3.41. The monoisotopic (exact) mass is 653 g/mol. The number of ether oxygens (including phenoxy) is 3. The van der Waals surface area contributed by atoms with Crippen LogP contribution in [-0.2, 0) is 30.3 Å². The van der Waals surface area contributed by atoms with E-state index in [9.17, 15) is 14.4 Å². The fraction of sp³-hybridized carbons (Fsp3) is 0.667. The molecule has 0 radical (unpaired) electrons. The molecule has 0 spiro atoms. The quantitative estimate of drug-likeness (QED) is 0.198. The molecule has 3 rings (SSSR count). The predicted molar refractivity (Wildman–Crippen MR) is 182 cm³/mol. The summed E-state index contributed by atoms with van der Waals surface area (Å²) in [5, 5.41) is 15.2. The molecule has 0 bridgehead atoms. The molecule has 1 aliphatic rings. The minimum atomic E-state index is -0.820.